The molecule has 0 saturated heterocycles. The Labute approximate surface area is 102 Å². The fourth-order valence-electron chi connectivity index (χ4n) is 1.42. The number of rotatable bonds is 7. The Bertz CT molecular complexity index is 341. The van der Waals surface area contributed by atoms with Crippen LogP contribution in [-0.4, -0.2) is 34.6 Å². The molecule has 0 bridgehead atoms. The highest BCUT2D eigenvalue weighted by Crippen LogP contribution is 2.13. The molecule has 0 aliphatic rings. The number of hydrogen-bond donors (Lipinski definition) is 2. The molecular formula is C11H21N5O. The fraction of sp³-hybridized carbons (Fsp3) is 0.727. The SMILES string of the molecule is CCNc1nc(NC(CC)CC)nc(OC)n1. The first-order chi connectivity index (χ1) is 8.23. The van der Waals surface area contributed by atoms with Gasteiger partial charge in [-0.25, -0.2) is 0 Å². The molecule has 0 aliphatic heterocycles. The van der Waals surface area contributed by atoms with Crippen LogP contribution in [0.4, 0.5) is 11.9 Å². The van der Waals surface area contributed by atoms with Gasteiger partial charge in [0, 0.05) is 12.6 Å². The summed E-state index contributed by atoms with van der Waals surface area (Å²) in [6.45, 7) is 7.01. The molecule has 1 aromatic rings. The summed E-state index contributed by atoms with van der Waals surface area (Å²) in [5, 5.41) is 6.32. The van der Waals surface area contributed by atoms with Gasteiger partial charge in [0.1, 0.15) is 0 Å². The number of nitrogens with zero attached hydrogens (tertiary/aromatic N) is 3. The maximum absolute atomic E-state index is 5.05. The number of anilines is 2. The maximum Gasteiger partial charge on any atom is 0.322 e. The van der Waals surface area contributed by atoms with Crippen molar-refractivity contribution in [2.75, 3.05) is 24.3 Å². The van der Waals surface area contributed by atoms with Crippen LogP contribution in [0.15, 0.2) is 0 Å². The van der Waals surface area contributed by atoms with Crippen molar-refractivity contribution < 1.29 is 4.74 Å². The number of ether oxygens (including phenoxy) is 1. The third-order valence-corrected chi connectivity index (χ3v) is 2.45. The second kappa shape index (κ2) is 6.88. The Morgan fingerprint density at radius 3 is 2.24 bits per heavy atom. The van der Waals surface area contributed by atoms with E-state index in [2.05, 4.69) is 39.4 Å². The summed E-state index contributed by atoms with van der Waals surface area (Å²) in [6.07, 6.45) is 2.06. The molecule has 0 spiro atoms. The van der Waals surface area contributed by atoms with E-state index in [0.29, 0.717) is 23.9 Å². The van der Waals surface area contributed by atoms with E-state index < -0.39 is 0 Å². The molecule has 1 heterocycles. The van der Waals surface area contributed by atoms with Gasteiger partial charge >= 0.3 is 6.01 Å². The Hall–Kier alpha value is -1.59. The Morgan fingerprint density at radius 1 is 1.06 bits per heavy atom. The lowest BCUT2D eigenvalue weighted by molar-refractivity contribution is 0.379. The second-order valence-corrected chi connectivity index (χ2v) is 3.66. The van der Waals surface area contributed by atoms with Crippen LogP contribution in [0.3, 0.4) is 0 Å². The van der Waals surface area contributed by atoms with Crippen LogP contribution >= 0.6 is 0 Å². The van der Waals surface area contributed by atoms with Crippen molar-refractivity contribution in [2.24, 2.45) is 0 Å². The predicted molar refractivity (Wildman–Crippen MR) is 68.5 cm³/mol. The van der Waals surface area contributed by atoms with Gasteiger partial charge in [0.25, 0.3) is 0 Å². The summed E-state index contributed by atoms with van der Waals surface area (Å²) in [4.78, 5) is 12.6. The Kier molecular flexibility index (Phi) is 5.45. The summed E-state index contributed by atoms with van der Waals surface area (Å²) in [7, 11) is 1.55. The minimum atomic E-state index is 0.324. The molecule has 0 amide bonds. The first kappa shape index (κ1) is 13.5. The first-order valence-corrected chi connectivity index (χ1v) is 6.03. The lowest BCUT2D eigenvalue weighted by Crippen LogP contribution is -2.20. The van der Waals surface area contributed by atoms with E-state index in [-0.39, 0.29) is 0 Å². The minimum Gasteiger partial charge on any atom is -0.467 e. The molecule has 0 saturated carbocycles. The first-order valence-electron chi connectivity index (χ1n) is 6.03. The largest absolute Gasteiger partial charge is 0.467 e. The summed E-state index contributed by atoms with van der Waals surface area (Å²) in [6, 6.07) is 0.695. The molecular weight excluding hydrogens is 218 g/mol. The van der Waals surface area contributed by atoms with E-state index in [4.69, 9.17) is 4.74 Å². The van der Waals surface area contributed by atoms with Crippen LogP contribution < -0.4 is 15.4 Å². The van der Waals surface area contributed by atoms with E-state index in [9.17, 15) is 0 Å². The third kappa shape index (κ3) is 4.05. The second-order valence-electron chi connectivity index (χ2n) is 3.66. The number of methoxy groups -OCH3 is 1. The standard InChI is InChI=1S/C11H21N5O/c1-5-8(6-2)13-10-14-9(12-7-3)15-11(16-10)17-4/h8H,5-7H2,1-4H3,(H2,12,13,14,15,16). The van der Waals surface area contributed by atoms with E-state index >= 15 is 0 Å². The molecule has 0 atom stereocenters. The zero-order chi connectivity index (χ0) is 12.7. The summed E-state index contributed by atoms with van der Waals surface area (Å²) in [5.41, 5.74) is 0. The molecule has 2 N–H and O–H groups in total. The van der Waals surface area contributed by atoms with Crippen LogP contribution in [0.5, 0.6) is 6.01 Å². The van der Waals surface area contributed by atoms with Crippen molar-refractivity contribution in [3.63, 3.8) is 0 Å². The molecule has 6 heteroatoms. The van der Waals surface area contributed by atoms with E-state index in [1.165, 1.54) is 0 Å². The molecule has 96 valence electrons. The van der Waals surface area contributed by atoms with Crippen molar-refractivity contribution in [3.8, 4) is 6.01 Å². The molecule has 17 heavy (non-hydrogen) atoms. The van der Waals surface area contributed by atoms with Gasteiger partial charge in [-0.1, -0.05) is 13.8 Å². The summed E-state index contributed by atoms with van der Waals surface area (Å²) in [5.74, 6) is 1.09. The van der Waals surface area contributed by atoms with Crippen molar-refractivity contribution in [2.45, 2.75) is 39.7 Å². The number of nitrogens with one attached hydrogen (secondary N) is 2. The third-order valence-electron chi connectivity index (χ3n) is 2.45. The predicted octanol–water partition coefficient (Wildman–Crippen LogP) is 1.91. The van der Waals surface area contributed by atoms with Crippen molar-refractivity contribution in [3.05, 3.63) is 0 Å². The average Bonchev–Trinajstić information content (AvgIpc) is 2.36. The monoisotopic (exact) mass is 239 g/mol. The van der Waals surface area contributed by atoms with Crippen LogP contribution in [0.2, 0.25) is 0 Å². The Balaban J connectivity index is 2.85. The van der Waals surface area contributed by atoms with Crippen LogP contribution in [0, 0.1) is 0 Å². The molecule has 0 unspecified atom stereocenters. The Morgan fingerprint density at radius 2 is 1.71 bits per heavy atom. The fourth-order valence-corrected chi connectivity index (χ4v) is 1.42. The molecule has 0 aromatic carbocycles. The quantitative estimate of drug-likeness (QED) is 0.757. The number of aromatic nitrogens is 3. The van der Waals surface area contributed by atoms with Gasteiger partial charge in [0.05, 0.1) is 7.11 Å². The molecule has 1 aromatic heterocycles. The van der Waals surface area contributed by atoms with Crippen molar-refractivity contribution >= 4 is 11.9 Å². The van der Waals surface area contributed by atoms with Gasteiger partial charge in [0.15, 0.2) is 0 Å². The smallest absolute Gasteiger partial charge is 0.322 e. The molecule has 0 aliphatic carbocycles. The van der Waals surface area contributed by atoms with Gasteiger partial charge in [-0.05, 0) is 19.8 Å². The topological polar surface area (TPSA) is 72.0 Å². The van der Waals surface area contributed by atoms with E-state index in [1.807, 2.05) is 6.92 Å². The van der Waals surface area contributed by atoms with Gasteiger partial charge in [-0.15, -0.1) is 0 Å². The minimum absolute atomic E-state index is 0.324. The van der Waals surface area contributed by atoms with Gasteiger partial charge in [0.2, 0.25) is 11.9 Å². The van der Waals surface area contributed by atoms with Gasteiger partial charge in [-0.2, -0.15) is 15.0 Å². The zero-order valence-corrected chi connectivity index (χ0v) is 10.9. The van der Waals surface area contributed by atoms with Crippen LogP contribution in [0.25, 0.3) is 0 Å². The number of hydrogen-bond acceptors (Lipinski definition) is 6. The van der Waals surface area contributed by atoms with Crippen LogP contribution in [-0.2, 0) is 0 Å². The highest BCUT2D eigenvalue weighted by Gasteiger charge is 2.09. The summed E-state index contributed by atoms with van der Waals surface area (Å²) < 4.78 is 5.05. The molecule has 1 rings (SSSR count). The molecule has 0 radical (unpaired) electrons. The summed E-state index contributed by atoms with van der Waals surface area (Å²) >= 11 is 0. The van der Waals surface area contributed by atoms with Gasteiger partial charge in [-0.3, -0.25) is 0 Å². The van der Waals surface area contributed by atoms with E-state index in [0.717, 1.165) is 19.4 Å². The zero-order valence-electron chi connectivity index (χ0n) is 10.9. The molecule has 0 fully saturated rings. The maximum atomic E-state index is 5.05. The normalized spacial score (nSPS) is 10.4. The van der Waals surface area contributed by atoms with Crippen LogP contribution in [0.1, 0.15) is 33.6 Å². The highest BCUT2D eigenvalue weighted by atomic mass is 16.5. The lowest BCUT2D eigenvalue weighted by atomic mass is 10.2. The van der Waals surface area contributed by atoms with Crippen molar-refractivity contribution in [1.82, 2.24) is 15.0 Å². The molecule has 6 nitrogen and oxygen atoms in total. The average molecular weight is 239 g/mol. The van der Waals surface area contributed by atoms with Gasteiger partial charge < -0.3 is 15.4 Å². The van der Waals surface area contributed by atoms with E-state index in [1.54, 1.807) is 7.11 Å². The highest BCUT2D eigenvalue weighted by molar-refractivity contribution is 5.36. The van der Waals surface area contributed by atoms with Crippen molar-refractivity contribution in [1.29, 1.82) is 0 Å². The lowest BCUT2D eigenvalue weighted by Gasteiger charge is -2.15.